The lowest BCUT2D eigenvalue weighted by Crippen LogP contribution is -2.35. The van der Waals surface area contributed by atoms with Crippen LogP contribution < -0.4 is 5.32 Å². The van der Waals surface area contributed by atoms with E-state index in [9.17, 15) is 4.79 Å². The minimum Gasteiger partial charge on any atom is -0.341 e. The maximum Gasteiger partial charge on any atom is 0.226 e. The van der Waals surface area contributed by atoms with Crippen molar-refractivity contribution in [1.82, 2.24) is 10.2 Å². The smallest absolute Gasteiger partial charge is 0.226 e. The zero-order valence-corrected chi connectivity index (χ0v) is 12.9. The van der Waals surface area contributed by atoms with E-state index in [1.165, 1.54) is 5.56 Å². The second kappa shape index (κ2) is 6.79. The van der Waals surface area contributed by atoms with Gasteiger partial charge in [-0.25, -0.2) is 0 Å². The summed E-state index contributed by atoms with van der Waals surface area (Å²) in [4.78, 5) is 14.5. The number of carbonyl (C=O) groups is 1. The average molecular weight is 315 g/mol. The van der Waals surface area contributed by atoms with Crippen LogP contribution in [0.1, 0.15) is 24.3 Å². The Kier molecular flexibility index (Phi) is 5.30. The largest absolute Gasteiger partial charge is 0.341 e. The molecule has 20 heavy (non-hydrogen) atoms. The van der Waals surface area contributed by atoms with Crippen molar-refractivity contribution >= 4 is 29.9 Å². The molecule has 3 nitrogen and oxygen atoms in total. The molecule has 0 aromatic heterocycles. The third-order valence-electron chi connectivity index (χ3n) is 4.04. The van der Waals surface area contributed by atoms with Gasteiger partial charge in [0.05, 0.1) is 0 Å². The number of halogens is 2. The number of hydrogen-bond donors (Lipinski definition) is 1. The van der Waals surface area contributed by atoms with Crippen LogP contribution >= 0.6 is 24.0 Å². The molecule has 0 radical (unpaired) electrons. The van der Waals surface area contributed by atoms with Crippen LogP contribution in [-0.2, 0) is 4.79 Å². The van der Waals surface area contributed by atoms with Gasteiger partial charge in [0.15, 0.2) is 0 Å². The average Bonchev–Trinajstić information content (AvgIpc) is 3.22. The van der Waals surface area contributed by atoms with Gasteiger partial charge in [-0.15, -0.1) is 12.4 Å². The maximum atomic E-state index is 12.4. The standard InChI is InChI=1S/C15H19ClN2O.ClH/c16-12-4-1-3-11(9-12)13-10-14(13)15(19)18-7-2-5-17-6-8-18;/h1,3-4,9,13-14,17H,2,5-8,10H2;1H. The van der Waals surface area contributed by atoms with Crippen molar-refractivity contribution in [3.05, 3.63) is 34.9 Å². The molecule has 1 heterocycles. The number of carbonyl (C=O) groups excluding carboxylic acids is 1. The molecule has 1 aliphatic heterocycles. The summed E-state index contributed by atoms with van der Waals surface area (Å²) in [5.74, 6) is 0.882. The Labute approximate surface area is 131 Å². The van der Waals surface area contributed by atoms with E-state index < -0.39 is 0 Å². The second-order valence-corrected chi connectivity index (χ2v) is 5.87. The van der Waals surface area contributed by atoms with E-state index in [2.05, 4.69) is 11.4 Å². The van der Waals surface area contributed by atoms with Gasteiger partial charge >= 0.3 is 0 Å². The fourth-order valence-corrected chi connectivity index (χ4v) is 3.07. The number of hydrogen-bond acceptors (Lipinski definition) is 2. The first kappa shape index (κ1) is 15.6. The van der Waals surface area contributed by atoms with Gasteiger partial charge in [-0.3, -0.25) is 4.79 Å². The van der Waals surface area contributed by atoms with Crippen LogP contribution in [0.25, 0.3) is 0 Å². The molecular weight excluding hydrogens is 295 g/mol. The van der Waals surface area contributed by atoms with Crippen molar-refractivity contribution in [1.29, 1.82) is 0 Å². The summed E-state index contributed by atoms with van der Waals surface area (Å²) < 4.78 is 0. The topological polar surface area (TPSA) is 32.3 Å². The van der Waals surface area contributed by atoms with Gasteiger partial charge in [0.25, 0.3) is 0 Å². The maximum absolute atomic E-state index is 12.4. The quantitative estimate of drug-likeness (QED) is 0.910. The molecule has 2 unspecified atom stereocenters. The molecule has 3 rings (SSSR count). The number of nitrogens with zero attached hydrogens (tertiary/aromatic N) is 1. The molecule has 2 fully saturated rings. The molecule has 1 aliphatic carbocycles. The van der Waals surface area contributed by atoms with Gasteiger partial charge < -0.3 is 10.2 Å². The zero-order chi connectivity index (χ0) is 13.2. The highest BCUT2D eigenvalue weighted by Gasteiger charge is 2.45. The monoisotopic (exact) mass is 314 g/mol. The third-order valence-corrected chi connectivity index (χ3v) is 4.27. The van der Waals surface area contributed by atoms with Crippen molar-refractivity contribution in [2.75, 3.05) is 26.2 Å². The molecule has 1 amide bonds. The molecule has 1 aromatic carbocycles. The summed E-state index contributed by atoms with van der Waals surface area (Å²) in [6.45, 7) is 3.68. The highest BCUT2D eigenvalue weighted by Crippen LogP contribution is 2.48. The Morgan fingerprint density at radius 3 is 2.95 bits per heavy atom. The van der Waals surface area contributed by atoms with Crippen LogP contribution in [0, 0.1) is 5.92 Å². The zero-order valence-electron chi connectivity index (χ0n) is 11.3. The highest BCUT2D eigenvalue weighted by atomic mass is 35.5. The summed E-state index contributed by atoms with van der Waals surface area (Å²) in [5.41, 5.74) is 1.21. The Bertz CT molecular complexity index is 473. The first-order valence-electron chi connectivity index (χ1n) is 7.00. The minimum absolute atomic E-state index is 0. The molecule has 0 bridgehead atoms. The van der Waals surface area contributed by atoms with E-state index in [1.807, 2.05) is 23.1 Å². The van der Waals surface area contributed by atoms with Crippen LogP contribution in [0.4, 0.5) is 0 Å². The van der Waals surface area contributed by atoms with Gasteiger partial charge in [0, 0.05) is 30.6 Å². The molecule has 110 valence electrons. The van der Waals surface area contributed by atoms with Gasteiger partial charge in [0.1, 0.15) is 0 Å². The Morgan fingerprint density at radius 1 is 1.30 bits per heavy atom. The van der Waals surface area contributed by atoms with E-state index in [4.69, 9.17) is 11.6 Å². The van der Waals surface area contributed by atoms with Crippen molar-refractivity contribution in [3.63, 3.8) is 0 Å². The molecule has 1 N–H and O–H groups in total. The lowest BCUT2D eigenvalue weighted by molar-refractivity contribution is -0.132. The molecule has 1 saturated carbocycles. The van der Waals surface area contributed by atoms with E-state index in [-0.39, 0.29) is 18.3 Å². The van der Waals surface area contributed by atoms with Gasteiger partial charge in [-0.2, -0.15) is 0 Å². The SMILES string of the molecule is Cl.O=C(C1CC1c1cccc(Cl)c1)N1CCCNCC1. The Hall–Kier alpha value is -0.770. The number of rotatable bonds is 2. The van der Waals surface area contributed by atoms with E-state index in [1.54, 1.807) is 0 Å². The Morgan fingerprint density at radius 2 is 2.15 bits per heavy atom. The van der Waals surface area contributed by atoms with Gasteiger partial charge in [0.2, 0.25) is 5.91 Å². The minimum atomic E-state index is 0. The molecule has 1 saturated heterocycles. The number of amides is 1. The van der Waals surface area contributed by atoms with Gasteiger partial charge in [-0.1, -0.05) is 23.7 Å². The van der Waals surface area contributed by atoms with Crippen molar-refractivity contribution < 1.29 is 4.79 Å². The molecule has 1 aromatic rings. The van der Waals surface area contributed by atoms with Crippen LogP contribution in [0.5, 0.6) is 0 Å². The van der Waals surface area contributed by atoms with E-state index in [0.717, 1.165) is 44.0 Å². The molecule has 0 spiro atoms. The second-order valence-electron chi connectivity index (χ2n) is 5.43. The number of benzene rings is 1. The van der Waals surface area contributed by atoms with E-state index >= 15 is 0 Å². The molecular formula is C15H20Cl2N2O. The van der Waals surface area contributed by atoms with Crippen LogP contribution in [0.2, 0.25) is 5.02 Å². The molecule has 2 atom stereocenters. The normalized spacial score (nSPS) is 25.6. The van der Waals surface area contributed by atoms with Crippen LogP contribution in [0.15, 0.2) is 24.3 Å². The van der Waals surface area contributed by atoms with Crippen molar-refractivity contribution in [2.24, 2.45) is 5.92 Å². The first-order chi connectivity index (χ1) is 9.25. The summed E-state index contributed by atoms with van der Waals surface area (Å²) in [5, 5.41) is 4.09. The fraction of sp³-hybridized carbons (Fsp3) is 0.533. The predicted octanol–water partition coefficient (Wildman–Crippen LogP) is 2.69. The third kappa shape index (κ3) is 3.46. The number of nitrogens with one attached hydrogen (secondary N) is 1. The van der Waals surface area contributed by atoms with Gasteiger partial charge in [-0.05, 0) is 43.0 Å². The predicted molar refractivity (Wildman–Crippen MR) is 83.6 cm³/mol. The Balaban J connectivity index is 0.00000147. The summed E-state index contributed by atoms with van der Waals surface area (Å²) in [6, 6.07) is 7.91. The van der Waals surface area contributed by atoms with Crippen LogP contribution in [-0.4, -0.2) is 37.0 Å². The van der Waals surface area contributed by atoms with Crippen molar-refractivity contribution in [2.45, 2.75) is 18.8 Å². The van der Waals surface area contributed by atoms with Crippen LogP contribution in [0.3, 0.4) is 0 Å². The lowest BCUT2D eigenvalue weighted by Gasteiger charge is -2.20. The first-order valence-corrected chi connectivity index (χ1v) is 7.38. The molecule has 5 heteroatoms. The fourth-order valence-electron chi connectivity index (χ4n) is 2.87. The van der Waals surface area contributed by atoms with E-state index in [0.29, 0.717) is 11.8 Å². The summed E-state index contributed by atoms with van der Waals surface area (Å²) in [7, 11) is 0. The van der Waals surface area contributed by atoms with Crippen molar-refractivity contribution in [3.8, 4) is 0 Å². The summed E-state index contributed by atoms with van der Waals surface area (Å²) >= 11 is 6.01. The molecule has 2 aliphatic rings. The lowest BCUT2D eigenvalue weighted by atomic mass is 10.1. The highest BCUT2D eigenvalue weighted by molar-refractivity contribution is 6.30. The summed E-state index contributed by atoms with van der Waals surface area (Å²) in [6.07, 6.45) is 2.03.